The number of aliphatic hydroxyl groups is 1. The zero-order valence-corrected chi connectivity index (χ0v) is 10.2. The Hall–Kier alpha value is -0.810. The number of rotatable bonds is 4. The van der Waals surface area contributed by atoms with E-state index in [0.717, 1.165) is 0 Å². The van der Waals surface area contributed by atoms with E-state index in [1.807, 2.05) is 23.6 Å². The average Bonchev–Trinajstić information content (AvgIpc) is 2.30. The number of hydrogen-bond donors (Lipinski definition) is 1. The highest BCUT2D eigenvalue weighted by Crippen LogP contribution is 2.07. The molecule has 1 rings (SSSR count). The summed E-state index contributed by atoms with van der Waals surface area (Å²) in [7, 11) is 0. The molecule has 1 aliphatic heterocycles. The molecule has 0 radical (unpaired) electrons. The van der Waals surface area contributed by atoms with Gasteiger partial charge in [0.2, 0.25) is 0 Å². The lowest BCUT2D eigenvalue weighted by Gasteiger charge is -2.35. The van der Waals surface area contributed by atoms with Crippen LogP contribution in [0.3, 0.4) is 0 Å². The predicted octanol–water partition coefficient (Wildman–Crippen LogP) is 0.531. The third-order valence-electron chi connectivity index (χ3n) is 2.71. The molecule has 0 aromatic rings. The van der Waals surface area contributed by atoms with Crippen molar-refractivity contribution in [1.29, 1.82) is 0 Å². The molecular weight excluding hydrogens is 208 g/mol. The summed E-state index contributed by atoms with van der Waals surface area (Å²) in [6.45, 7) is 7.31. The first-order valence-corrected chi connectivity index (χ1v) is 5.91. The van der Waals surface area contributed by atoms with Crippen molar-refractivity contribution in [2.75, 3.05) is 39.5 Å². The molecule has 2 amide bonds. The van der Waals surface area contributed by atoms with Crippen LogP contribution in [-0.2, 0) is 4.74 Å². The van der Waals surface area contributed by atoms with Gasteiger partial charge in [0.15, 0.2) is 0 Å². The SMILES string of the molecule is CC(C)N(CCCO)C(=O)N1CCOCC1. The summed E-state index contributed by atoms with van der Waals surface area (Å²) in [5.74, 6) is 0. The first kappa shape index (κ1) is 13.3. The summed E-state index contributed by atoms with van der Waals surface area (Å²) in [5.41, 5.74) is 0. The predicted molar refractivity (Wildman–Crippen MR) is 61.3 cm³/mol. The van der Waals surface area contributed by atoms with E-state index in [1.165, 1.54) is 0 Å². The van der Waals surface area contributed by atoms with Crippen molar-refractivity contribution >= 4 is 6.03 Å². The normalized spacial score (nSPS) is 16.6. The van der Waals surface area contributed by atoms with E-state index in [1.54, 1.807) is 0 Å². The molecule has 5 heteroatoms. The van der Waals surface area contributed by atoms with Crippen molar-refractivity contribution in [1.82, 2.24) is 9.80 Å². The van der Waals surface area contributed by atoms with Crippen molar-refractivity contribution in [3.05, 3.63) is 0 Å². The molecule has 0 spiro atoms. The minimum absolute atomic E-state index is 0.0618. The Kier molecular flexibility index (Phi) is 5.55. The summed E-state index contributed by atoms with van der Waals surface area (Å²) >= 11 is 0. The van der Waals surface area contributed by atoms with Gasteiger partial charge < -0.3 is 19.6 Å². The molecule has 0 atom stereocenters. The molecular formula is C11H22N2O3. The van der Waals surface area contributed by atoms with Gasteiger partial charge in [0, 0.05) is 32.3 Å². The van der Waals surface area contributed by atoms with Gasteiger partial charge in [-0.1, -0.05) is 0 Å². The first-order chi connectivity index (χ1) is 7.66. The van der Waals surface area contributed by atoms with Crippen LogP contribution in [0.5, 0.6) is 0 Å². The minimum atomic E-state index is 0.0618. The zero-order chi connectivity index (χ0) is 12.0. The lowest BCUT2D eigenvalue weighted by Crippen LogP contribution is -2.50. The number of urea groups is 1. The molecule has 16 heavy (non-hydrogen) atoms. The number of ether oxygens (including phenoxy) is 1. The Morgan fingerprint density at radius 3 is 2.56 bits per heavy atom. The summed E-state index contributed by atoms with van der Waals surface area (Å²) in [6.07, 6.45) is 0.633. The van der Waals surface area contributed by atoms with Gasteiger partial charge in [-0.15, -0.1) is 0 Å². The van der Waals surface area contributed by atoms with Gasteiger partial charge in [-0.2, -0.15) is 0 Å². The third kappa shape index (κ3) is 3.64. The lowest BCUT2D eigenvalue weighted by molar-refractivity contribution is 0.0399. The van der Waals surface area contributed by atoms with Crippen LogP contribution in [0.25, 0.3) is 0 Å². The molecule has 0 bridgehead atoms. The Labute approximate surface area is 97.0 Å². The van der Waals surface area contributed by atoms with E-state index in [4.69, 9.17) is 9.84 Å². The maximum Gasteiger partial charge on any atom is 0.320 e. The molecule has 0 aromatic heterocycles. The molecule has 5 nitrogen and oxygen atoms in total. The van der Waals surface area contributed by atoms with Crippen molar-refractivity contribution in [3.8, 4) is 0 Å². The second-order valence-electron chi connectivity index (χ2n) is 4.25. The highest BCUT2D eigenvalue weighted by molar-refractivity contribution is 5.74. The van der Waals surface area contributed by atoms with Gasteiger partial charge in [-0.3, -0.25) is 0 Å². The smallest absolute Gasteiger partial charge is 0.320 e. The molecule has 1 N–H and O–H groups in total. The van der Waals surface area contributed by atoms with E-state index < -0.39 is 0 Å². The number of morpholine rings is 1. The van der Waals surface area contributed by atoms with Crippen molar-refractivity contribution in [3.63, 3.8) is 0 Å². The molecule has 94 valence electrons. The number of hydrogen-bond acceptors (Lipinski definition) is 3. The van der Waals surface area contributed by atoms with Gasteiger partial charge in [0.05, 0.1) is 13.2 Å². The largest absolute Gasteiger partial charge is 0.396 e. The monoisotopic (exact) mass is 230 g/mol. The second-order valence-corrected chi connectivity index (χ2v) is 4.25. The standard InChI is InChI=1S/C11H22N2O3/c1-10(2)13(4-3-7-14)11(15)12-5-8-16-9-6-12/h10,14H,3-9H2,1-2H3. The summed E-state index contributed by atoms with van der Waals surface area (Å²) in [4.78, 5) is 15.8. The molecule has 1 heterocycles. The molecule has 1 aliphatic rings. The molecule has 1 saturated heterocycles. The van der Waals surface area contributed by atoms with Crippen molar-refractivity contribution in [2.45, 2.75) is 26.3 Å². The minimum Gasteiger partial charge on any atom is -0.396 e. The Bertz CT molecular complexity index is 215. The quantitative estimate of drug-likeness (QED) is 0.766. The number of carbonyl (C=O) groups excluding carboxylic acids is 1. The van der Waals surface area contributed by atoms with Crippen LogP contribution in [0.1, 0.15) is 20.3 Å². The van der Waals surface area contributed by atoms with Crippen LogP contribution in [0.15, 0.2) is 0 Å². The van der Waals surface area contributed by atoms with Crippen LogP contribution in [-0.4, -0.2) is 66.4 Å². The van der Waals surface area contributed by atoms with E-state index in [-0.39, 0.29) is 18.7 Å². The maximum absolute atomic E-state index is 12.2. The molecule has 0 saturated carbocycles. The van der Waals surface area contributed by atoms with Gasteiger partial charge in [0.25, 0.3) is 0 Å². The highest BCUT2D eigenvalue weighted by Gasteiger charge is 2.24. The molecule has 1 fully saturated rings. The average molecular weight is 230 g/mol. The lowest BCUT2D eigenvalue weighted by atomic mass is 10.3. The van der Waals surface area contributed by atoms with Crippen LogP contribution < -0.4 is 0 Å². The molecule has 0 unspecified atom stereocenters. The number of aliphatic hydroxyl groups excluding tert-OH is 1. The third-order valence-corrected chi connectivity index (χ3v) is 2.71. The summed E-state index contributed by atoms with van der Waals surface area (Å²) in [6, 6.07) is 0.230. The first-order valence-electron chi connectivity index (χ1n) is 5.91. The van der Waals surface area contributed by atoms with Gasteiger partial charge in [0.1, 0.15) is 0 Å². The van der Waals surface area contributed by atoms with Crippen molar-refractivity contribution in [2.24, 2.45) is 0 Å². The number of carbonyl (C=O) groups is 1. The van der Waals surface area contributed by atoms with Crippen molar-refractivity contribution < 1.29 is 14.6 Å². The second kappa shape index (κ2) is 6.70. The Morgan fingerprint density at radius 2 is 2.06 bits per heavy atom. The maximum atomic E-state index is 12.2. The molecule has 0 aliphatic carbocycles. The van der Waals surface area contributed by atoms with Crippen LogP contribution in [0.2, 0.25) is 0 Å². The fourth-order valence-electron chi connectivity index (χ4n) is 1.75. The van der Waals surface area contributed by atoms with Gasteiger partial charge in [-0.05, 0) is 20.3 Å². The topological polar surface area (TPSA) is 53.0 Å². The summed E-state index contributed by atoms with van der Waals surface area (Å²) in [5, 5.41) is 8.82. The molecule has 0 aromatic carbocycles. The van der Waals surface area contributed by atoms with E-state index in [9.17, 15) is 4.79 Å². The summed E-state index contributed by atoms with van der Waals surface area (Å²) < 4.78 is 5.22. The Morgan fingerprint density at radius 1 is 1.44 bits per heavy atom. The van der Waals surface area contributed by atoms with Gasteiger partial charge in [-0.25, -0.2) is 4.79 Å². The number of amides is 2. The highest BCUT2D eigenvalue weighted by atomic mass is 16.5. The van der Waals surface area contributed by atoms with E-state index in [0.29, 0.717) is 39.3 Å². The zero-order valence-electron chi connectivity index (χ0n) is 10.2. The fourth-order valence-corrected chi connectivity index (χ4v) is 1.75. The van der Waals surface area contributed by atoms with E-state index in [2.05, 4.69) is 0 Å². The van der Waals surface area contributed by atoms with Crippen LogP contribution in [0.4, 0.5) is 4.79 Å². The van der Waals surface area contributed by atoms with Gasteiger partial charge >= 0.3 is 6.03 Å². The van der Waals surface area contributed by atoms with E-state index >= 15 is 0 Å². The van der Waals surface area contributed by atoms with Crippen LogP contribution in [0, 0.1) is 0 Å². The van der Waals surface area contributed by atoms with Crippen LogP contribution >= 0.6 is 0 Å². The number of nitrogens with zero attached hydrogens (tertiary/aromatic N) is 2. The fraction of sp³-hybridized carbons (Fsp3) is 0.909. The Balaban J connectivity index is 2.51.